The third-order valence-electron chi connectivity index (χ3n) is 4.97. The molecule has 2 aromatic heterocycles. The number of pyridine rings is 1. The highest BCUT2D eigenvalue weighted by Gasteiger charge is 2.25. The molecular weight excluding hydrogens is 316 g/mol. The van der Waals surface area contributed by atoms with Crippen molar-refractivity contribution in [1.29, 1.82) is 0 Å². The average molecular weight is 342 g/mol. The predicted molar refractivity (Wildman–Crippen MR) is 100 cm³/mol. The third kappa shape index (κ3) is 3.25. The summed E-state index contributed by atoms with van der Waals surface area (Å²) in [4.78, 5) is 21.8. The highest BCUT2D eigenvalue weighted by molar-refractivity contribution is 5.83. The fraction of sp³-hybridized carbons (Fsp3) is 0.526. The van der Waals surface area contributed by atoms with Crippen LogP contribution in [-0.4, -0.2) is 21.1 Å². The highest BCUT2D eigenvalue weighted by atomic mass is 16.5. The zero-order valence-corrected chi connectivity index (χ0v) is 15.0. The number of rotatable bonds is 6. The van der Waals surface area contributed by atoms with Crippen molar-refractivity contribution in [3.63, 3.8) is 0 Å². The Morgan fingerprint density at radius 1 is 1.44 bits per heavy atom. The lowest BCUT2D eigenvalue weighted by molar-refractivity contribution is 0.270. The largest absolute Gasteiger partial charge is 0.493 e. The summed E-state index contributed by atoms with van der Waals surface area (Å²) < 4.78 is 7.54. The van der Waals surface area contributed by atoms with Crippen LogP contribution in [0.5, 0.6) is 0 Å². The second-order valence-corrected chi connectivity index (χ2v) is 6.70. The lowest BCUT2D eigenvalue weighted by Gasteiger charge is -2.20. The number of nitrogens with two attached hydrogens (primary N) is 1. The van der Waals surface area contributed by atoms with Crippen molar-refractivity contribution in [1.82, 2.24) is 14.5 Å². The van der Waals surface area contributed by atoms with E-state index < -0.39 is 0 Å². The van der Waals surface area contributed by atoms with E-state index in [-0.39, 0.29) is 17.5 Å². The van der Waals surface area contributed by atoms with Crippen LogP contribution in [-0.2, 0) is 4.74 Å². The Morgan fingerprint density at radius 3 is 2.84 bits per heavy atom. The van der Waals surface area contributed by atoms with Gasteiger partial charge in [-0.3, -0.25) is 9.36 Å². The average Bonchev–Trinajstić information content (AvgIpc) is 3.09. The van der Waals surface area contributed by atoms with Crippen LogP contribution in [0.3, 0.4) is 0 Å². The predicted octanol–water partition coefficient (Wildman–Crippen LogP) is 3.58. The number of hydrogen-bond acceptors (Lipinski definition) is 5. The molecule has 0 saturated heterocycles. The zero-order chi connectivity index (χ0) is 18.0. The van der Waals surface area contributed by atoms with Crippen molar-refractivity contribution >= 4 is 22.7 Å². The normalized spacial score (nSPS) is 15.0. The molecule has 2 heterocycles. The summed E-state index contributed by atoms with van der Waals surface area (Å²) in [5.74, 6) is 0.616. The fourth-order valence-electron chi connectivity index (χ4n) is 3.59. The minimum atomic E-state index is -0.0866. The molecule has 2 aromatic rings. The molecule has 0 amide bonds. The molecule has 1 aliphatic rings. The van der Waals surface area contributed by atoms with E-state index in [4.69, 9.17) is 10.5 Å². The van der Waals surface area contributed by atoms with E-state index in [0.29, 0.717) is 23.6 Å². The topological polar surface area (TPSA) is 83.0 Å². The second kappa shape index (κ2) is 7.25. The van der Waals surface area contributed by atoms with Gasteiger partial charge in [0.05, 0.1) is 12.2 Å². The van der Waals surface area contributed by atoms with Crippen LogP contribution in [0.4, 0.5) is 5.95 Å². The molecule has 0 aliphatic heterocycles. The van der Waals surface area contributed by atoms with Crippen LogP contribution in [0.2, 0.25) is 0 Å². The molecule has 0 atom stereocenters. The third-order valence-corrected chi connectivity index (χ3v) is 4.97. The van der Waals surface area contributed by atoms with Crippen LogP contribution in [0.25, 0.3) is 16.8 Å². The first-order chi connectivity index (χ1) is 12.0. The van der Waals surface area contributed by atoms with Crippen molar-refractivity contribution in [2.75, 3.05) is 12.3 Å². The minimum absolute atomic E-state index is 0.0866. The smallest absolute Gasteiger partial charge is 0.263 e. The van der Waals surface area contributed by atoms with Gasteiger partial charge in [-0.05, 0) is 31.7 Å². The molecule has 6 nitrogen and oxygen atoms in total. The molecule has 1 fully saturated rings. The summed E-state index contributed by atoms with van der Waals surface area (Å²) in [7, 11) is 0. The molecule has 1 saturated carbocycles. The van der Waals surface area contributed by atoms with Crippen LogP contribution in [0, 0.1) is 6.92 Å². The van der Waals surface area contributed by atoms with Gasteiger partial charge in [-0.2, -0.15) is 4.98 Å². The number of fused-ring (bicyclic) bond motifs is 1. The number of hydrogen-bond donors (Lipinski definition) is 1. The Labute approximate surface area is 147 Å². The maximum absolute atomic E-state index is 13.3. The maximum Gasteiger partial charge on any atom is 0.263 e. The summed E-state index contributed by atoms with van der Waals surface area (Å²) in [6, 6.07) is 0.145. The molecule has 0 unspecified atom stereocenters. The standard InChI is InChI=1S/C19H26N4O2/c1-4-5-10-25-13(3)16-12(2)15-11-21-19(20)22-17(15)23(18(16)24)14-8-6-7-9-14/h11,14H,3-10H2,1-2H3,(H2,20,21,22). The summed E-state index contributed by atoms with van der Waals surface area (Å²) in [6.07, 6.45) is 7.86. The van der Waals surface area contributed by atoms with Gasteiger partial charge in [-0.15, -0.1) is 0 Å². The lowest BCUT2D eigenvalue weighted by Crippen LogP contribution is -2.29. The molecule has 0 spiro atoms. The van der Waals surface area contributed by atoms with Crippen molar-refractivity contribution in [3.8, 4) is 0 Å². The van der Waals surface area contributed by atoms with Gasteiger partial charge in [0.1, 0.15) is 11.4 Å². The molecule has 134 valence electrons. The molecule has 0 radical (unpaired) electrons. The van der Waals surface area contributed by atoms with Crippen molar-refractivity contribution < 1.29 is 4.74 Å². The van der Waals surface area contributed by atoms with Crippen molar-refractivity contribution in [2.45, 2.75) is 58.4 Å². The van der Waals surface area contributed by atoms with Gasteiger partial charge in [0.2, 0.25) is 5.95 Å². The number of nitrogens with zero attached hydrogens (tertiary/aromatic N) is 3. The van der Waals surface area contributed by atoms with Crippen molar-refractivity contribution in [3.05, 3.63) is 34.3 Å². The Kier molecular flexibility index (Phi) is 5.06. The number of aromatic nitrogens is 3. The maximum atomic E-state index is 13.3. The monoisotopic (exact) mass is 342 g/mol. The lowest BCUT2D eigenvalue weighted by atomic mass is 10.0. The summed E-state index contributed by atoms with van der Waals surface area (Å²) in [5.41, 5.74) is 7.65. The van der Waals surface area contributed by atoms with E-state index in [0.717, 1.165) is 49.5 Å². The number of nitrogen functional groups attached to an aromatic ring is 1. The second-order valence-electron chi connectivity index (χ2n) is 6.70. The first-order valence-electron chi connectivity index (χ1n) is 9.04. The molecule has 2 N–H and O–H groups in total. The Morgan fingerprint density at radius 2 is 2.16 bits per heavy atom. The fourth-order valence-corrected chi connectivity index (χ4v) is 3.59. The SMILES string of the molecule is C=C(OCCCC)c1c(C)c2cnc(N)nc2n(C2CCCC2)c1=O. The summed E-state index contributed by atoms with van der Waals surface area (Å²) >= 11 is 0. The summed E-state index contributed by atoms with van der Waals surface area (Å²) in [5, 5.41) is 0.830. The van der Waals surface area contributed by atoms with Gasteiger partial charge < -0.3 is 10.5 Å². The van der Waals surface area contributed by atoms with Gasteiger partial charge in [0.25, 0.3) is 5.56 Å². The first kappa shape index (κ1) is 17.5. The minimum Gasteiger partial charge on any atom is -0.493 e. The van der Waals surface area contributed by atoms with E-state index in [9.17, 15) is 4.79 Å². The van der Waals surface area contributed by atoms with E-state index >= 15 is 0 Å². The van der Waals surface area contributed by atoms with Crippen LogP contribution < -0.4 is 11.3 Å². The van der Waals surface area contributed by atoms with E-state index in [1.54, 1.807) is 10.8 Å². The van der Waals surface area contributed by atoms with Crippen LogP contribution >= 0.6 is 0 Å². The van der Waals surface area contributed by atoms with Gasteiger partial charge in [0.15, 0.2) is 0 Å². The molecular formula is C19H26N4O2. The van der Waals surface area contributed by atoms with Gasteiger partial charge in [0, 0.05) is 17.6 Å². The quantitative estimate of drug-likeness (QED) is 0.641. The molecule has 25 heavy (non-hydrogen) atoms. The number of ether oxygens (including phenoxy) is 1. The zero-order valence-electron chi connectivity index (χ0n) is 15.0. The molecule has 3 rings (SSSR count). The molecule has 0 bridgehead atoms. The molecule has 0 aromatic carbocycles. The number of aryl methyl sites for hydroxylation is 1. The first-order valence-corrected chi connectivity index (χ1v) is 9.04. The van der Waals surface area contributed by atoms with Crippen LogP contribution in [0.1, 0.15) is 62.6 Å². The van der Waals surface area contributed by atoms with E-state index in [1.807, 2.05) is 6.92 Å². The van der Waals surface area contributed by atoms with E-state index in [1.165, 1.54) is 0 Å². The Bertz CT molecular complexity index is 851. The van der Waals surface area contributed by atoms with Crippen LogP contribution in [0.15, 0.2) is 17.6 Å². The Hall–Kier alpha value is -2.37. The van der Waals surface area contributed by atoms with E-state index in [2.05, 4.69) is 23.5 Å². The summed E-state index contributed by atoms with van der Waals surface area (Å²) in [6.45, 7) is 8.57. The van der Waals surface area contributed by atoms with Gasteiger partial charge in [-0.1, -0.05) is 32.8 Å². The van der Waals surface area contributed by atoms with Gasteiger partial charge >= 0.3 is 0 Å². The number of unbranched alkanes of at least 4 members (excludes halogenated alkanes) is 1. The number of anilines is 1. The highest BCUT2D eigenvalue weighted by Crippen LogP contribution is 2.32. The van der Waals surface area contributed by atoms with Crippen molar-refractivity contribution in [2.24, 2.45) is 0 Å². The molecule has 1 aliphatic carbocycles. The Balaban J connectivity index is 2.19. The van der Waals surface area contributed by atoms with Gasteiger partial charge in [-0.25, -0.2) is 4.98 Å². The molecule has 6 heteroatoms.